The topological polar surface area (TPSA) is 78.1 Å². The maximum atomic E-state index is 13.2. The highest BCUT2D eigenvalue weighted by Crippen LogP contribution is 2.40. The van der Waals surface area contributed by atoms with Gasteiger partial charge in [-0.2, -0.15) is 0 Å². The average molecular weight is 497 g/mol. The lowest BCUT2D eigenvalue weighted by Gasteiger charge is -2.26. The summed E-state index contributed by atoms with van der Waals surface area (Å²) >= 11 is 3.43. The van der Waals surface area contributed by atoms with Gasteiger partial charge in [0.2, 0.25) is 0 Å². The Bertz CT molecular complexity index is 1240. The summed E-state index contributed by atoms with van der Waals surface area (Å²) in [6.45, 7) is 4.68. The number of likely N-dealkylation sites (tertiary alicyclic amines) is 1. The first kappa shape index (κ1) is 22.2. The highest BCUT2D eigenvalue weighted by molar-refractivity contribution is 9.10. The number of ketones is 1. The van der Waals surface area contributed by atoms with Crippen molar-refractivity contribution < 1.29 is 14.7 Å². The maximum absolute atomic E-state index is 13.2. The summed E-state index contributed by atoms with van der Waals surface area (Å²) in [5, 5.41) is 11.4. The van der Waals surface area contributed by atoms with Crippen LogP contribution in [0.4, 0.5) is 0 Å². The Morgan fingerprint density at radius 1 is 1.16 bits per heavy atom. The lowest BCUT2D eigenvalue weighted by molar-refractivity contribution is -0.140. The number of aryl methyl sites for hydroxylation is 2. The van der Waals surface area contributed by atoms with E-state index in [-0.39, 0.29) is 11.3 Å². The zero-order valence-electron chi connectivity index (χ0n) is 18.5. The maximum Gasteiger partial charge on any atom is 0.295 e. The minimum Gasteiger partial charge on any atom is -0.505 e. The molecule has 4 rings (SSSR count). The molecule has 1 atom stereocenters. The van der Waals surface area contributed by atoms with Crippen LogP contribution >= 0.6 is 15.9 Å². The second-order valence-electron chi connectivity index (χ2n) is 8.28. The predicted octanol–water partition coefficient (Wildman–Crippen LogP) is 3.70. The number of pyridine rings is 1. The number of hydrogen-bond donors (Lipinski definition) is 1. The minimum absolute atomic E-state index is 0.0856. The van der Waals surface area contributed by atoms with Crippen LogP contribution < -0.4 is 0 Å². The molecule has 32 heavy (non-hydrogen) atoms. The number of likely N-dealkylation sites (N-methyl/N-ethyl adjacent to an activating group) is 1. The predicted molar refractivity (Wildman–Crippen MR) is 126 cm³/mol. The van der Waals surface area contributed by atoms with Crippen LogP contribution in [0.1, 0.15) is 28.6 Å². The number of hydrogen-bond acceptors (Lipinski definition) is 5. The third-order valence-corrected chi connectivity index (χ3v) is 6.29. The summed E-state index contributed by atoms with van der Waals surface area (Å²) in [7, 11) is 3.82. The lowest BCUT2D eigenvalue weighted by Crippen LogP contribution is -2.35. The average Bonchev–Trinajstić information content (AvgIpc) is 3.21. The Morgan fingerprint density at radius 3 is 2.50 bits per heavy atom. The molecule has 0 aliphatic carbocycles. The van der Waals surface area contributed by atoms with Gasteiger partial charge in [0.25, 0.3) is 11.7 Å². The highest BCUT2D eigenvalue weighted by Gasteiger charge is 2.46. The fraction of sp³-hybridized carbons (Fsp3) is 0.292. The molecule has 1 aliphatic rings. The zero-order valence-corrected chi connectivity index (χ0v) is 20.0. The molecule has 1 fully saturated rings. The molecule has 166 valence electrons. The fourth-order valence-electron chi connectivity index (χ4n) is 4.14. The van der Waals surface area contributed by atoms with Crippen LogP contribution in [-0.2, 0) is 9.59 Å². The molecule has 0 bridgehead atoms. The van der Waals surface area contributed by atoms with Crippen molar-refractivity contribution in [2.45, 2.75) is 19.9 Å². The molecule has 1 aliphatic heterocycles. The van der Waals surface area contributed by atoms with Gasteiger partial charge in [0.05, 0.1) is 17.3 Å². The summed E-state index contributed by atoms with van der Waals surface area (Å²) in [6, 6.07) is 10.6. The van der Waals surface area contributed by atoms with Gasteiger partial charge in [-0.05, 0) is 57.3 Å². The van der Waals surface area contributed by atoms with E-state index < -0.39 is 17.7 Å². The molecular formula is C24H25BrN4O3. The van der Waals surface area contributed by atoms with E-state index in [1.165, 1.54) is 0 Å². The standard InChI is InChI=1S/C24H25BrN4O3/c1-14-6-5-11-28-19(15(2)26-23(14)28)21(30)18-20(16-7-9-17(25)10-8-16)29(13-12-27(3)4)24(32)22(18)31/h5-11,20,30H,12-13H2,1-4H3. The number of Topliss-reactive ketones (excluding diaryl/α,β-unsaturated/α-hetero) is 1. The normalized spacial score (nSPS) is 18.3. The molecule has 3 heterocycles. The van der Waals surface area contributed by atoms with Crippen molar-refractivity contribution in [2.75, 3.05) is 27.2 Å². The van der Waals surface area contributed by atoms with Crippen molar-refractivity contribution in [2.24, 2.45) is 0 Å². The Hall–Kier alpha value is -2.97. The Morgan fingerprint density at radius 2 is 1.84 bits per heavy atom. The molecule has 3 aromatic rings. The molecule has 1 aromatic carbocycles. The number of rotatable bonds is 5. The third kappa shape index (κ3) is 3.73. The van der Waals surface area contributed by atoms with Gasteiger partial charge < -0.3 is 14.9 Å². The number of aliphatic hydroxyl groups is 1. The minimum atomic E-state index is -0.684. The van der Waals surface area contributed by atoms with Crippen molar-refractivity contribution in [3.8, 4) is 0 Å². The number of imidazole rings is 1. The number of carbonyl (C=O) groups excluding carboxylic acids is 2. The van der Waals surface area contributed by atoms with Crippen LogP contribution in [0.25, 0.3) is 11.4 Å². The molecule has 1 amide bonds. The summed E-state index contributed by atoms with van der Waals surface area (Å²) in [5.41, 5.74) is 3.51. The number of amides is 1. The van der Waals surface area contributed by atoms with Gasteiger partial charge in [-0.15, -0.1) is 0 Å². The highest BCUT2D eigenvalue weighted by atomic mass is 79.9. The van der Waals surface area contributed by atoms with E-state index in [4.69, 9.17) is 0 Å². The zero-order chi connectivity index (χ0) is 23.2. The number of fused-ring (bicyclic) bond motifs is 1. The molecule has 1 saturated heterocycles. The summed E-state index contributed by atoms with van der Waals surface area (Å²) in [4.78, 5) is 34.3. The van der Waals surface area contributed by atoms with Crippen molar-refractivity contribution in [1.82, 2.24) is 19.2 Å². The van der Waals surface area contributed by atoms with Crippen LogP contribution in [-0.4, -0.2) is 63.2 Å². The second-order valence-corrected chi connectivity index (χ2v) is 9.19. The molecular weight excluding hydrogens is 472 g/mol. The monoisotopic (exact) mass is 496 g/mol. The smallest absolute Gasteiger partial charge is 0.295 e. The number of aliphatic hydroxyl groups excluding tert-OH is 1. The number of carbonyl (C=O) groups is 2. The Kier molecular flexibility index (Phi) is 5.92. The molecule has 2 aromatic heterocycles. The largest absolute Gasteiger partial charge is 0.505 e. The van der Waals surface area contributed by atoms with Gasteiger partial charge in [-0.3, -0.25) is 14.0 Å². The van der Waals surface area contributed by atoms with Gasteiger partial charge in [0.1, 0.15) is 11.3 Å². The van der Waals surface area contributed by atoms with E-state index >= 15 is 0 Å². The summed E-state index contributed by atoms with van der Waals surface area (Å²) < 4.78 is 2.66. The van der Waals surface area contributed by atoms with Crippen molar-refractivity contribution >= 4 is 39.0 Å². The van der Waals surface area contributed by atoms with Crippen LogP contribution in [0.5, 0.6) is 0 Å². The number of nitrogens with zero attached hydrogens (tertiary/aromatic N) is 4. The van der Waals surface area contributed by atoms with Gasteiger partial charge in [-0.25, -0.2) is 4.98 Å². The molecule has 8 heteroatoms. The van der Waals surface area contributed by atoms with E-state index in [9.17, 15) is 14.7 Å². The van der Waals surface area contributed by atoms with Crippen molar-refractivity contribution in [1.29, 1.82) is 0 Å². The number of aromatic nitrogens is 2. The summed E-state index contributed by atoms with van der Waals surface area (Å²) in [5.74, 6) is -1.50. The van der Waals surface area contributed by atoms with Crippen LogP contribution in [0.3, 0.4) is 0 Å². The van der Waals surface area contributed by atoms with Crippen LogP contribution in [0, 0.1) is 13.8 Å². The third-order valence-electron chi connectivity index (χ3n) is 5.76. The van der Waals surface area contributed by atoms with E-state index in [1.54, 1.807) is 22.4 Å². The molecule has 0 saturated carbocycles. The lowest BCUT2D eigenvalue weighted by atomic mass is 9.96. The van der Waals surface area contributed by atoms with Crippen LogP contribution in [0.2, 0.25) is 0 Å². The first-order chi connectivity index (χ1) is 15.2. The fourth-order valence-corrected chi connectivity index (χ4v) is 4.40. The van der Waals surface area contributed by atoms with E-state index in [1.807, 2.05) is 62.3 Å². The molecule has 1 unspecified atom stereocenters. The van der Waals surface area contributed by atoms with Gasteiger partial charge in [-0.1, -0.05) is 34.1 Å². The second kappa shape index (κ2) is 8.52. The van der Waals surface area contributed by atoms with Crippen LogP contribution in [0.15, 0.2) is 52.6 Å². The Balaban J connectivity index is 1.94. The quantitative estimate of drug-likeness (QED) is 0.331. The van der Waals surface area contributed by atoms with E-state index in [0.717, 1.165) is 15.6 Å². The van der Waals surface area contributed by atoms with Gasteiger partial charge in [0.15, 0.2) is 5.76 Å². The first-order valence-electron chi connectivity index (χ1n) is 10.3. The molecule has 1 N–H and O–H groups in total. The first-order valence-corrected chi connectivity index (χ1v) is 11.1. The molecule has 0 spiro atoms. The van der Waals surface area contributed by atoms with E-state index in [2.05, 4.69) is 20.9 Å². The number of benzene rings is 1. The summed E-state index contributed by atoms with van der Waals surface area (Å²) in [6.07, 6.45) is 1.80. The van der Waals surface area contributed by atoms with Gasteiger partial charge in [0, 0.05) is 23.8 Å². The SMILES string of the molecule is Cc1nc2c(C)cccn2c1C(O)=C1C(=O)C(=O)N(CCN(C)C)C1c1ccc(Br)cc1. The van der Waals surface area contributed by atoms with E-state index in [0.29, 0.717) is 30.1 Å². The van der Waals surface area contributed by atoms with Crippen molar-refractivity contribution in [3.63, 3.8) is 0 Å². The molecule has 7 nitrogen and oxygen atoms in total. The van der Waals surface area contributed by atoms with Gasteiger partial charge >= 0.3 is 0 Å². The van der Waals surface area contributed by atoms with Crippen molar-refractivity contribution in [3.05, 3.63) is 75.2 Å². The number of halogens is 1. The molecule has 0 radical (unpaired) electrons. The Labute approximate surface area is 195 Å².